The van der Waals surface area contributed by atoms with Crippen LogP contribution in [0.2, 0.25) is 0 Å². The van der Waals surface area contributed by atoms with Crippen LogP contribution in [-0.2, 0) is 4.74 Å². The van der Waals surface area contributed by atoms with Crippen molar-refractivity contribution in [3.8, 4) is 0 Å². The van der Waals surface area contributed by atoms with Crippen molar-refractivity contribution >= 4 is 0 Å². The average molecular weight is 241 g/mol. The summed E-state index contributed by atoms with van der Waals surface area (Å²) in [5.74, 6) is 0.762. The zero-order valence-electron chi connectivity index (χ0n) is 12.4. The second-order valence-electron chi connectivity index (χ2n) is 6.11. The van der Waals surface area contributed by atoms with Crippen LogP contribution in [-0.4, -0.2) is 36.2 Å². The first kappa shape index (κ1) is 15.0. The summed E-state index contributed by atoms with van der Waals surface area (Å²) in [5.41, 5.74) is 0. The molecule has 0 aliphatic carbocycles. The van der Waals surface area contributed by atoms with E-state index in [4.69, 9.17) is 4.74 Å². The summed E-state index contributed by atoms with van der Waals surface area (Å²) < 4.78 is 5.99. The van der Waals surface area contributed by atoms with E-state index in [2.05, 4.69) is 39.5 Å². The molecule has 1 aliphatic heterocycles. The van der Waals surface area contributed by atoms with Gasteiger partial charge in [-0.15, -0.1) is 0 Å². The maximum absolute atomic E-state index is 5.99. The van der Waals surface area contributed by atoms with Crippen molar-refractivity contribution in [1.29, 1.82) is 0 Å². The highest BCUT2D eigenvalue weighted by atomic mass is 16.5. The topological polar surface area (TPSA) is 12.5 Å². The van der Waals surface area contributed by atoms with Gasteiger partial charge in [0, 0.05) is 25.2 Å². The van der Waals surface area contributed by atoms with Crippen LogP contribution < -0.4 is 0 Å². The van der Waals surface area contributed by atoms with Crippen molar-refractivity contribution in [3.05, 3.63) is 0 Å². The lowest BCUT2D eigenvalue weighted by atomic mass is 9.93. The lowest BCUT2D eigenvalue weighted by molar-refractivity contribution is -0.0376. The quantitative estimate of drug-likeness (QED) is 0.657. The maximum atomic E-state index is 5.99. The molecule has 1 fully saturated rings. The minimum atomic E-state index is 0.495. The number of rotatable bonds is 6. The fourth-order valence-electron chi connectivity index (χ4n) is 2.87. The molecule has 1 saturated heterocycles. The Hall–Kier alpha value is -0.0800. The molecular formula is C15H31NO. The number of nitrogens with zero attached hydrogens (tertiary/aromatic N) is 1. The molecule has 0 saturated carbocycles. The van der Waals surface area contributed by atoms with Crippen molar-refractivity contribution in [3.63, 3.8) is 0 Å². The van der Waals surface area contributed by atoms with Crippen LogP contribution in [0.15, 0.2) is 0 Å². The fourth-order valence-corrected chi connectivity index (χ4v) is 2.87. The Morgan fingerprint density at radius 2 is 1.76 bits per heavy atom. The van der Waals surface area contributed by atoms with Gasteiger partial charge < -0.3 is 4.74 Å². The standard InChI is InChI=1S/C15H31NO/c1-6-7-8-17-15-9-13(4)16(11-12(2)3)14(5)10-15/h12-15H,6-11H2,1-5H3/t13-,14+,15?. The third-order valence-corrected chi connectivity index (χ3v) is 3.77. The Balaban J connectivity index is 2.37. The van der Waals surface area contributed by atoms with Gasteiger partial charge in [0.2, 0.25) is 0 Å². The Kier molecular flexibility index (Phi) is 6.50. The SMILES string of the molecule is CCCCOC1C[C@@H](C)N(CC(C)C)[C@@H](C)C1. The molecule has 2 nitrogen and oxygen atoms in total. The fraction of sp³-hybridized carbons (Fsp3) is 1.00. The normalized spacial score (nSPS) is 31.1. The van der Waals surface area contributed by atoms with Gasteiger partial charge in [0.25, 0.3) is 0 Å². The molecule has 17 heavy (non-hydrogen) atoms. The maximum Gasteiger partial charge on any atom is 0.0604 e. The van der Waals surface area contributed by atoms with Gasteiger partial charge in [-0.2, -0.15) is 0 Å². The first-order valence-corrected chi connectivity index (χ1v) is 7.41. The summed E-state index contributed by atoms with van der Waals surface area (Å²) in [4.78, 5) is 2.66. The third-order valence-electron chi connectivity index (χ3n) is 3.77. The predicted molar refractivity (Wildman–Crippen MR) is 74.4 cm³/mol. The highest BCUT2D eigenvalue weighted by Crippen LogP contribution is 2.26. The van der Waals surface area contributed by atoms with E-state index in [9.17, 15) is 0 Å². The Labute approximate surface area is 108 Å². The second kappa shape index (κ2) is 7.38. The molecule has 0 N–H and O–H groups in total. The van der Waals surface area contributed by atoms with Gasteiger partial charge in [-0.3, -0.25) is 4.90 Å². The van der Waals surface area contributed by atoms with Gasteiger partial charge in [-0.05, 0) is 39.0 Å². The molecule has 0 aromatic rings. The van der Waals surface area contributed by atoms with E-state index < -0.39 is 0 Å². The monoisotopic (exact) mass is 241 g/mol. The molecule has 3 atom stereocenters. The molecule has 0 amide bonds. The Morgan fingerprint density at radius 3 is 2.24 bits per heavy atom. The molecular weight excluding hydrogens is 210 g/mol. The lowest BCUT2D eigenvalue weighted by Gasteiger charge is -2.43. The summed E-state index contributed by atoms with van der Waals surface area (Å²) in [6, 6.07) is 1.35. The number of unbranched alkanes of at least 4 members (excludes halogenated alkanes) is 1. The van der Waals surface area contributed by atoms with E-state index >= 15 is 0 Å². The van der Waals surface area contributed by atoms with Gasteiger partial charge in [-0.25, -0.2) is 0 Å². The summed E-state index contributed by atoms with van der Waals surface area (Å²) in [5, 5.41) is 0. The van der Waals surface area contributed by atoms with Crippen LogP contribution in [0.25, 0.3) is 0 Å². The smallest absolute Gasteiger partial charge is 0.0604 e. The summed E-state index contributed by atoms with van der Waals surface area (Å²) in [7, 11) is 0. The van der Waals surface area contributed by atoms with Crippen molar-refractivity contribution in [2.24, 2.45) is 5.92 Å². The van der Waals surface area contributed by atoms with E-state index in [1.165, 1.54) is 32.2 Å². The number of likely N-dealkylation sites (tertiary alicyclic amines) is 1. The number of ether oxygens (including phenoxy) is 1. The number of hydrogen-bond acceptors (Lipinski definition) is 2. The summed E-state index contributed by atoms with van der Waals surface area (Å²) in [6.07, 6.45) is 5.35. The molecule has 1 heterocycles. The molecule has 0 aromatic heterocycles. The van der Waals surface area contributed by atoms with Crippen LogP contribution in [0.5, 0.6) is 0 Å². The minimum Gasteiger partial charge on any atom is -0.378 e. The molecule has 102 valence electrons. The highest BCUT2D eigenvalue weighted by molar-refractivity contribution is 4.85. The molecule has 1 rings (SSSR count). The molecule has 0 bridgehead atoms. The number of hydrogen-bond donors (Lipinski definition) is 0. The van der Waals surface area contributed by atoms with Gasteiger partial charge in [0.15, 0.2) is 0 Å². The second-order valence-corrected chi connectivity index (χ2v) is 6.11. The largest absolute Gasteiger partial charge is 0.378 e. The highest BCUT2D eigenvalue weighted by Gasteiger charge is 2.31. The van der Waals surface area contributed by atoms with Crippen molar-refractivity contribution in [1.82, 2.24) is 4.90 Å². The number of piperidine rings is 1. The zero-order valence-corrected chi connectivity index (χ0v) is 12.4. The molecule has 0 spiro atoms. The Bertz CT molecular complexity index is 193. The van der Waals surface area contributed by atoms with E-state index in [1.807, 2.05) is 0 Å². The van der Waals surface area contributed by atoms with Crippen LogP contribution in [0.4, 0.5) is 0 Å². The Morgan fingerprint density at radius 1 is 1.18 bits per heavy atom. The molecule has 2 heteroatoms. The van der Waals surface area contributed by atoms with Crippen molar-refractivity contribution in [2.75, 3.05) is 13.2 Å². The van der Waals surface area contributed by atoms with Gasteiger partial charge in [0.1, 0.15) is 0 Å². The molecule has 0 aromatic carbocycles. The zero-order chi connectivity index (χ0) is 12.8. The van der Waals surface area contributed by atoms with E-state index in [0.717, 1.165) is 12.5 Å². The summed E-state index contributed by atoms with van der Waals surface area (Å²) >= 11 is 0. The first-order chi connectivity index (χ1) is 8.04. The van der Waals surface area contributed by atoms with Crippen LogP contribution in [0.3, 0.4) is 0 Å². The van der Waals surface area contributed by atoms with E-state index in [1.54, 1.807) is 0 Å². The van der Waals surface area contributed by atoms with E-state index in [-0.39, 0.29) is 0 Å². The molecule has 0 radical (unpaired) electrons. The van der Waals surface area contributed by atoms with Gasteiger partial charge in [-0.1, -0.05) is 27.2 Å². The summed E-state index contributed by atoms with van der Waals surface area (Å²) in [6.45, 7) is 13.7. The predicted octanol–water partition coefficient (Wildman–Crippen LogP) is 3.70. The van der Waals surface area contributed by atoms with Crippen LogP contribution >= 0.6 is 0 Å². The van der Waals surface area contributed by atoms with Gasteiger partial charge >= 0.3 is 0 Å². The van der Waals surface area contributed by atoms with Crippen LogP contribution in [0.1, 0.15) is 60.3 Å². The van der Waals surface area contributed by atoms with Crippen molar-refractivity contribution in [2.45, 2.75) is 78.5 Å². The molecule has 1 unspecified atom stereocenters. The van der Waals surface area contributed by atoms with Crippen LogP contribution in [0, 0.1) is 5.92 Å². The van der Waals surface area contributed by atoms with Gasteiger partial charge in [0.05, 0.1) is 6.10 Å². The first-order valence-electron chi connectivity index (χ1n) is 7.41. The van der Waals surface area contributed by atoms with Crippen molar-refractivity contribution < 1.29 is 4.74 Å². The average Bonchev–Trinajstić information content (AvgIpc) is 2.24. The third kappa shape index (κ3) is 4.97. The lowest BCUT2D eigenvalue weighted by Crippen LogP contribution is -2.50. The molecule has 1 aliphatic rings. The minimum absolute atomic E-state index is 0.495. The van der Waals surface area contributed by atoms with E-state index in [0.29, 0.717) is 18.2 Å².